The van der Waals surface area contributed by atoms with Crippen LogP contribution in [0.2, 0.25) is 0 Å². The zero-order valence-corrected chi connectivity index (χ0v) is 16.7. The van der Waals surface area contributed by atoms with Gasteiger partial charge in [-0.15, -0.1) is 4.40 Å². The minimum Gasteiger partial charge on any atom is -0.368 e. The van der Waals surface area contributed by atoms with E-state index >= 15 is 0 Å². The third kappa shape index (κ3) is 7.12. The van der Waals surface area contributed by atoms with Gasteiger partial charge in [0.15, 0.2) is 0 Å². The molecule has 0 unspecified atom stereocenters. The highest BCUT2D eigenvalue weighted by atomic mass is 32.2. The molecule has 0 spiro atoms. The van der Waals surface area contributed by atoms with Gasteiger partial charge >= 0.3 is 0 Å². The first kappa shape index (κ1) is 21.1. The highest BCUT2D eigenvalue weighted by Gasteiger charge is 2.12. The Morgan fingerprint density at radius 3 is 2.19 bits per heavy atom. The predicted molar refractivity (Wildman–Crippen MR) is 105 cm³/mol. The lowest BCUT2D eigenvalue weighted by Gasteiger charge is -2.07. The average Bonchev–Trinajstić information content (AvgIpc) is 2.59. The van der Waals surface area contributed by atoms with Crippen LogP contribution in [0.4, 0.5) is 0 Å². The summed E-state index contributed by atoms with van der Waals surface area (Å²) in [5.41, 5.74) is 2.57. The molecule has 0 saturated heterocycles. The third-order valence-electron chi connectivity index (χ3n) is 3.69. The zero-order valence-electron chi connectivity index (χ0n) is 15.1. The minimum absolute atomic E-state index is 0.128. The summed E-state index contributed by atoms with van der Waals surface area (Å²) in [4.78, 5) is 1.67. The molecule has 2 aromatic rings. The molecule has 1 N–H and O–H groups in total. The molecule has 0 aliphatic rings. The van der Waals surface area contributed by atoms with Crippen LogP contribution in [0.3, 0.4) is 0 Å². The summed E-state index contributed by atoms with van der Waals surface area (Å²) in [7, 11) is -4.35. The second kappa shape index (κ2) is 8.64. The fourth-order valence-electron chi connectivity index (χ4n) is 2.34. The van der Waals surface area contributed by atoms with E-state index in [0.717, 1.165) is 16.7 Å². The van der Waals surface area contributed by atoms with E-state index in [1.165, 1.54) is 12.4 Å². The molecule has 9 heteroatoms. The Hall–Kier alpha value is -2.23. The van der Waals surface area contributed by atoms with Gasteiger partial charge in [-0.1, -0.05) is 36.4 Å². The van der Waals surface area contributed by atoms with Crippen LogP contribution in [0, 0.1) is 0 Å². The largest absolute Gasteiger partial charge is 0.368 e. The fourth-order valence-corrected chi connectivity index (χ4v) is 3.82. The summed E-state index contributed by atoms with van der Waals surface area (Å²) in [6, 6.07) is 13.9. The Bertz CT molecular complexity index is 1010. The SMILES string of the molecule is CN(C)/C=N/S(=O)(=O)c1cccc(Cc2ccc(CCS(=O)(=O)O)cc2)c1. The number of rotatable bonds is 8. The van der Waals surface area contributed by atoms with E-state index in [4.69, 9.17) is 4.55 Å². The van der Waals surface area contributed by atoms with Crippen LogP contribution in [0.5, 0.6) is 0 Å². The van der Waals surface area contributed by atoms with Crippen molar-refractivity contribution in [1.82, 2.24) is 4.90 Å². The lowest BCUT2D eigenvalue weighted by molar-refractivity contribution is 0.482. The molecule has 146 valence electrons. The molecule has 0 saturated carbocycles. The van der Waals surface area contributed by atoms with E-state index in [1.807, 2.05) is 18.2 Å². The van der Waals surface area contributed by atoms with Gasteiger partial charge < -0.3 is 4.90 Å². The van der Waals surface area contributed by atoms with Gasteiger partial charge in [0, 0.05) is 14.1 Å². The average molecular weight is 411 g/mol. The summed E-state index contributed by atoms with van der Waals surface area (Å²) in [5.74, 6) is -0.320. The molecule has 0 aromatic heterocycles. The molecule has 0 radical (unpaired) electrons. The Morgan fingerprint density at radius 2 is 1.59 bits per heavy atom. The number of nitrogens with zero attached hydrogens (tertiary/aromatic N) is 2. The van der Waals surface area contributed by atoms with Crippen molar-refractivity contribution < 1.29 is 21.4 Å². The van der Waals surface area contributed by atoms with Crippen LogP contribution in [0.1, 0.15) is 16.7 Å². The normalized spacial score (nSPS) is 12.4. The maximum Gasteiger partial charge on any atom is 0.283 e. The molecular weight excluding hydrogens is 388 g/mol. The van der Waals surface area contributed by atoms with Gasteiger partial charge in [-0.2, -0.15) is 16.8 Å². The Labute approximate surface area is 160 Å². The molecule has 0 aliphatic heterocycles. The van der Waals surface area contributed by atoms with E-state index in [1.54, 1.807) is 43.3 Å². The molecule has 2 aromatic carbocycles. The molecule has 27 heavy (non-hydrogen) atoms. The lowest BCUT2D eigenvalue weighted by atomic mass is 10.0. The maximum atomic E-state index is 12.2. The second-order valence-electron chi connectivity index (χ2n) is 6.34. The van der Waals surface area contributed by atoms with Crippen molar-refractivity contribution in [1.29, 1.82) is 0 Å². The Kier molecular flexibility index (Phi) is 6.74. The number of hydrogen-bond acceptors (Lipinski definition) is 4. The zero-order chi connectivity index (χ0) is 20.1. The van der Waals surface area contributed by atoms with Crippen LogP contribution in [-0.4, -0.2) is 52.5 Å². The van der Waals surface area contributed by atoms with Crippen LogP contribution in [-0.2, 0) is 33.0 Å². The van der Waals surface area contributed by atoms with Crippen LogP contribution in [0.15, 0.2) is 57.8 Å². The molecule has 0 aliphatic carbocycles. The van der Waals surface area contributed by atoms with Gasteiger partial charge in [-0.3, -0.25) is 4.55 Å². The first-order valence-electron chi connectivity index (χ1n) is 8.14. The highest BCUT2D eigenvalue weighted by molar-refractivity contribution is 7.90. The van der Waals surface area contributed by atoms with Crippen LogP contribution < -0.4 is 0 Å². The van der Waals surface area contributed by atoms with Gasteiger partial charge in [-0.25, -0.2) is 0 Å². The number of hydrogen-bond donors (Lipinski definition) is 1. The predicted octanol–water partition coefficient (Wildman–Crippen LogP) is 1.99. The van der Waals surface area contributed by atoms with Gasteiger partial charge in [0.05, 0.1) is 10.6 Å². The van der Waals surface area contributed by atoms with Crippen molar-refractivity contribution in [2.45, 2.75) is 17.7 Å². The standard InChI is InChI=1S/C18H22N2O5S2/c1-20(2)14-19-27(24,25)18-5-3-4-17(13-18)12-16-8-6-15(7-9-16)10-11-26(21,22)23/h3-9,13-14H,10-12H2,1-2H3,(H,21,22,23)/b19-14+. The van der Waals surface area contributed by atoms with E-state index in [9.17, 15) is 16.8 Å². The number of sulfonamides is 1. The van der Waals surface area contributed by atoms with Gasteiger partial charge in [0.25, 0.3) is 20.1 Å². The first-order chi connectivity index (χ1) is 12.5. The topological polar surface area (TPSA) is 104 Å². The van der Waals surface area contributed by atoms with E-state index in [-0.39, 0.29) is 17.1 Å². The number of benzene rings is 2. The molecule has 0 heterocycles. The van der Waals surface area contributed by atoms with Crippen molar-refractivity contribution in [3.63, 3.8) is 0 Å². The summed E-state index contributed by atoms with van der Waals surface area (Å²) in [6.45, 7) is 0. The van der Waals surface area contributed by atoms with Crippen molar-refractivity contribution in [2.75, 3.05) is 19.8 Å². The summed E-state index contributed by atoms with van der Waals surface area (Å²) >= 11 is 0. The maximum absolute atomic E-state index is 12.2. The second-order valence-corrected chi connectivity index (χ2v) is 9.54. The van der Waals surface area contributed by atoms with Gasteiger partial charge in [0.1, 0.15) is 6.34 Å². The first-order valence-corrected chi connectivity index (χ1v) is 11.2. The number of aryl methyl sites for hydroxylation is 1. The smallest absolute Gasteiger partial charge is 0.283 e. The summed E-state index contributed by atoms with van der Waals surface area (Å²) in [6.07, 6.45) is 2.00. The van der Waals surface area contributed by atoms with E-state index in [2.05, 4.69) is 4.40 Å². The highest BCUT2D eigenvalue weighted by Crippen LogP contribution is 2.17. The lowest BCUT2D eigenvalue weighted by Crippen LogP contribution is -2.10. The van der Waals surface area contributed by atoms with Crippen LogP contribution in [0.25, 0.3) is 0 Å². The van der Waals surface area contributed by atoms with Crippen molar-refractivity contribution in [3.8, 4) is 0 Å². The Morgan fingerprint density at radius 1 is 0.963 bits per heavy atom. The quantitative estimate of drug-likeness (QED) is 0.405. The third-order valence-corrected chi connectivity index (χ3v) is 5.63. The molecular formula is C18H22N2O5S2. The van der Waals surface area contributed by atoms with Gasteiger partial charge in [0.2, 0.25) is 0 Å². The van der Waals surface area contributed by atoms with Gasteiger partial charge in [-0.05, 0) is 41.7 Å². The summed E-state index contributed by atoms with van der Waals surface area (Å²) < 4.78 is 58.5. The molecule has 2 rings (SSSR count). The molecule has 0 fully saturated rings. The minimum atomic E-state index is -3.98. The molecule has 0 atom stereocenters. The van der Waals surface area contributed by atoms with Crippen molar-refractivity contribution in [3.05, 3.63) is 65.2 Å². The monoisotopic (exact) mass is 410 g/mol. The van der Waals surface area contributed by atoms with Crippen molar-refractivity contribution in [2.24, 2.45) is 4.40 Å². The van der Waals surface area contributed by atoms with E-state index in [0.29, 0.717) is 6.42 Å². The van der Waals surface area contributed by atoms with E-state index < -0.39 is 20.1 Å². The van der Waals surface area contributed by atoms with Crippen molar-refractivity contribution >= 4 is 26.5 Å². The summed E-state index contributed by atoms with van der Waals surface area (Å²) in [5, 5.41) is 0. The Balaban J connectivity index is 2.12. The fraction of sp³-hybridized carbons (Fsp3) is 0.278. The molecule has 0 bridgehead atoms. The molecule has 7 nitrogen and oxygen atoms in total. The molecule has 0 amide bonds. The van der Waals surface area contributed by atoms with Crippen LogP contribution >= 0.6 is 0 Å².